The summed E-state index contributed by atoms with van der Waals surface area (Å²) in [6, 6.07) is 10.4. The molecule has 0 saturated carbocycles. The third kappa shape index (κ3) is 2.51. The maximum atomic E-state index is 5.88. The Balaban J connectivity index is 2.66. The molecule has 19 heavy (non-hydrogen) atoms. The molecule has 0 saturated heterocycles. The molecule has 0 radical (unpaired) electrons. The van der Waals surface area contributed by atoms with Crippen molar-refractivity contribution in [1.82, 2.24) is 0 Å². The van der Waals surface area contributed by atoms with Gasteiger partial charge in [-0.25, -0.2) is 0 Å². The summed E-state index contributed by atoms with van der Waals surface area (Å²) < 4.78 is 10.7. The van der Waals surface area contributed by atoms with E-state index in [9.17, 15) is 0 Å². The Morgan fingerprint density at radius 2 is 1.79 bits per heavy atom. The largest absolute Gasteiger partial charge is 0.493 e. The molecule has 0 aromatic heterocycles. The Labute approximate surface area is 114 Å². The Morgan fingerprint density at radius 3 is 2.37 bits per heavy atom. The predicted molar refractivity (Wildman–Crippen MR) is 79.1 cm³/mol. The second-order valence-electron chi connectivity index (χ2n) is 4.62. The molecule has 0 aliphatic heterocycles. The summed E-state index contributed by atoms with van der Waals surface area (Å²) >= 11 is 0. The lowest BCUT2D eigenvalue weighted by Gasteiger charge is -2.17. The molecule has 102 valence electrons. The second kappa shape index (κ2) is 5.93. The molecular weight excluding hydrogens is 238 g/mol. The van der Waals surface area contributed by atoms with Gasteiger partial charge in [0.25, 0.3) is 0 Å². The van der Waals surface area contributed by atoms with Gasteiger partial charge in [-0.05, 0) is 47.4 Å². The van der Waals surface area contributed by atoms with Crippen LogP contribution in [0.1, 0.15) is 24.8 Å². The van der Waals surface area contributed by atoms with Crippen LogP contribution in [0.2, 0.25) is 0 Å². The highest BCUT2D eigenvalue weighted by atomic mass is 16.5. The van der Waals surface area contributed by atoms with E-state index < -0.39 is 0 Å². The van der Waals surface area contributed by atoms with E-state index in [1.54, 1.807) is 14.2 Å². The molecule has 0 aliphatic rings. The number of ether oxygens (including phenoxy) is 2. The van der Waals surface area contributed by atoms with Gasteiger partial charge in [-0.2, -0.15) is 0 Å². The van der Waals surface area contributed by atoms with Crippen molar-refractivity contribution < 1.29 is 9.47 Å². The van der Waals surface area contributed by atoms with E-state index in [1.165, 1.54) is 10.9 Å². The van der Waals surface area contributed by atoms with Crippen LogP contribution in [0.15, 0.2) is 30.3 Å². The first kappa shape index (κ1) is 13.7. The zero-order chi connectivity index (χ0) is 13.8. The minimum absolute atomic E-state index is 0.377. The van der Waals surface area contributed by atoms with Gasteiger partial charge in [-0.15, -0.1) is 0 Å². The number of hydrogen-bond donors (Lipinski definition) is 1. The first-order valence-electron chi connectivity index (χ1n) is 6.59. The highest BCUT2D eigenvalue weighted by molar-refractivity contribution is 5.89. The van der Waals surface area contributed by atoms with Crippen molar-refractivity contribution >= 4 is 10.8 Å². The molecule has 0 fully saturated rings. The first-order chi connectivity index (χ1) is 9.24. The van der Waals surface area contributed by atoms with Gasteiger partial charge >= 0.3 is 0 Å². The Kier molecular flexibility index (Phi) is 4.27. The topological polar surface area (TPSA) is 44.5 Å². The van der Waals surface area contributed by atoms with Crippen LogP contribution >= 0.6 is 0 Å². The van der Waals surface area contributed by atoms with Gasteiger partial charge in [0, 0.05) is 0 Å². The molecule has 2 N–H and O–H groups in total. The van der Waals surface area contributed by atoms with Gasteiger partial charge in [0.1, 0.15) is 0 Å². The van der Waals surface area contributed by atoms with Gasteiger partial charge in [-0.1, -0.05) is 25.1 Å². The normalized spacial score (nSPS) is 12.4. The van der Waals surface area contributed by atoms with E-state index in [0.29, 0.717) is 12.5 Å². The summed E-state index contributed by atoms with van der Waals surface area (Å²) in [6.07, 6.45) is 1.03. The first-order valence-corrected chi connectivity index (χ1v) is 6.59. The lowest BCUT2D eigenvalue weighted by Crippen LogP contribution is -2.11. The second-order valence-corrected chi connectivity index (χ2v) is 4.62. The summed E-state index contributed by atoms with van der Waals surface area (Å²) in [5.41, 5.74) is 7.16. The van der Waals surface area contributed by atoms with Crippen molar-refractivity contribution in [3.05, 3.63) is 35.9 Å². The third-order valence-electron chi connectivity index (χ3n) is 3.64. The Hall–Kier alpha value is -1.74. The van der Waals surface area contributed by atoms with Crippen LogP contribution in [0, 0.1) is 0 Å². The number of fused-ring (bicyclic) bond motifs is 1. The fraction of sp³-hybridized carbons (Fsp3) is 0.375. The van der Waals surface area contributed by atoms with E-state index >= 15 is 0 Å². The maximum absolute atomic E-state index is 5.88. The number of methoxy groups -OCH3 is 2. The quantitative estimate of drug-likeness (QED) is 0.896. The van der Waals surface area contributed by atoms with Gasteiger partial charge in [0.05, 0.1) is 14.2 Å². The van der Waals surface area contributed by atoms with Gasteiger partial charge < -0.3 is 15.2 Å². The molecule has 0 spiro atoms. The Morgan fingerprint density at radius 1 is 1.11 bits per heavy atom. The Bertz CT molecular complexity index is 562. The van der Waals surface area contributed by atoms with Gasteiger partial charge in [0.2, 0.25) is 0 Å². The standard InChI is InChI=1S/C16H21NO2/c1-4-11(10-17)13-7-5-6-12-8-15(18-2)16(19-3)9-14(12)13/h5-9,11H,4,10,17H2,1-3H3. The molecule has 2 aromatic carbocycles. The lowest BCUT2D eigenvalue weighted by molar-refractivity contribution is 0.356. The van der Waals surface area contributed by atoms with Crippen molar-refractivity contribution in [2.45, 2.75) is 19.3 Å². The minimum Gasteiger partial charge on any atom is -0.493 e. The van der Waals surface area contributed by atoms with E-state index in [1.807, 2.05) is 12.1 Å². The molecule has 0 bridgehead atoms. The summed E-state index contributed by atoms with van der Waals surface area (Å²) in [7, 11) is 3.31. The molecule has 3 heteroatoms. The number of hydrogen-bond acceptors (Lipinski definition) is 3. The zero-order valence-corrected chi connectivity index (χ0v) is 11.8. The van der Waals surface area contributed by atoms with Crippen LogP contribution in [0.4, 0.5) is 0 Å². The van der Waals surface area contributed by atoms with Crippen LogP contribution in [0.25, 0.3) is 10.8 Å². The van der Waals surface area contributed by atoms with Crippen molar-refractivity contribution in [3.63, 3.8) is 0 Å². The molecule has 2 aromatic rings. The number of rotatable bonds is 5. The summed E-state index contributed by atoms with van der Waals surface area (Å²) in [6.45, 7) is 2.82. The number of nitrogens with two attached hydrogens (primary N) is 1. The van der Waals surface area contributed by atoms with Crippen LogP contribution in [0.3, 0.4) is 0 Å². The fourth-order valence-corrected chi connectivity index (χ4v) is 2.50. The molecule has 0 heterocycles. The summed E-state index contributed by atoms with van der Waals surface area (Å²) in [4.78, 5) is 0. The zero-order valence-electron chi connectivity index (χ0n) is 11.8. The van der Waals surface area contributed by atoms with Crippen molar-refractivity contribution in [2.24, 2.45) is 5.73 Å². The van der Waals surface area contributed by atoms with E-state index in [0.717, 1.165) is 23.3 Å². The molecule has 1 unspecified atom stereocenters. The highest BCUT2D eigenvalue weighted by Crippen LogP contribution is 2.36. The molecular formula is C16H21NO2. The molecule has 2 rings (SSSR count). The average molecular weight is 259 g/mol. The van der Waals surface area contributed by atoms with Crippen LogP contribution < -0.4 is 15.2 Å². The van der Waals surface area contributed by atoms with Crippen molar-refractivity contribution in [3.8, 4) is 11.5 Å². The van der Waals surface area contributed by atoms with Crippen LogP contribution in [-0.2, 0) is 0 Å². The van der Waals surface area contributed by atoms with E-state index in [4.69, 9.17) is 15.2 Å². The molecule has 3 nitrogen and oxygen atoms in total. The third-order valence-corrected chi connectivity index (χ3v) is 3.64. The number of benzene rings is 2. The monoisotopic (exact) mass is 259 g/mol. The van der Waals surface area contributed by atoms with Crippen LogP contribution in [0.5, 0.6) is 11.5 Å². The van der Waals surface area contributed by atoms with Crippen molar-refractivity contribution in [2.75, 3.05) is 20.8 Å². The van der Waals surface area contributed by atoms with Crippen molar-refractivity contribution in [1.29, 1.82) is 0 Å². The lowest BCUT2D eigenvalue weighted by atomic mass is 9.91. The van der Waals surface area contributed by atoms with Crippen LogP contribution in [-0.4, -0.2) is 20.8 Å². The minimum atomic E-state index is 0.377. The fourth-order valence-electron chi connectivity index (χ4n) is 2.50. The van der Waals surface area contributed by atoms with Gasteiger partial charge in [-0.3, -0.25) is 0 Å². The molecule has 0 aliphatic carbocycles. The summed E-state index contributed by atoms with van der Waals surface area (Å²) in [5, 5.41) is 2.35. The molecule has 0 amide bonds. The van der Waals surface area contributed by atoms with E-state index in [2.05, 4.69) is 25.1 Å². The highest BCUT2D eigenvalue weighted by Gasteiger charge is 2.13. The average Bonchev–Trinajstić information content (AvgIpc) is 2.47. The smallest absolute Gasteiger partial charge is 0.161 e. The summed E-state index contributed by atoms with van der Waals surface area (Å²) in [5.74, 6) is 1.89. The predicted octanol–water partition coefficient (Wildman–Crippen LogP) is 3.31. The SMILES string of the molecule is CCC(CN)c1cccc2cc(OC)c(OC)cc12. The van der Waals surface area contributed by atoms with E-state index in [-0.39, 0.29) is 0 Å². The molecule has 1 atom stereocenters. The van der Waals surface area contributed by atoms with Gasteiger partial charge in [0.15, 0.2) is 11.5 Å². The maximum Gasteiger partial charge on any atom is 0.161 e.